The molecule has 2 aliphatic rings. The average Bonchev–Trinajstić information content (AvgIpc) is 3.37. The molecule has 0 bridgehead atoms. The molecule has 1 heterocycles. The molecular formula is C20H26N2O. The van der Waals surface area contributed by atoms with E-state index in [0.717, 1.165) is 17.0 Å². The molecule has 0 amide bonds. The van der Waals surface area contributed by atoms with E-state index in [9.17, 15) is 4.79 Å². The molecule has 0 spiro atoms. The molecule has 2 aliphatic carbocycles. The summed E-state index contributed by atoms with van der Waals surface area (Å²) < 4.78 is 1.73. The average molecular weight is 310 g/mol. The van der Waals surface area contributed by atoms with Crippen LogP contribution >= 0.6 is 0 Å². The standard InChI is InChI=1S/C16H14N2O.2C2H6/c1-10-17-15-5-3-2-4-14(15)16(19)18(10)13-7-6-11-8-12(11)9-13;2*1-2/h2-7,9,11-12H,8H2,1H3;2*1-2H3. The number of benzene rings is 1. The number of hydrogen-bond donors (Lipinski definition) is 0. The maximum absolute atomic E-state index is 12.6. The molecule has 2 unspecified atom stereocenters. The predicted octanol–water partition coefficient (Wildman–Crippen LogP) is 4.80. The van der Waals surface area contributed by atoms with Gasteiger partial charge in [0.15, 0.2) is 0 Å². The van der Waals surface area contributed by atoms with Crippen LogP contribution in [0.1, 0.15) is 39.9 Å². The van der Waals surface area contributed by atoms with Gasteiger partial charge in [-0.25, -0.2) is 4.98 Å². The summed E-state index contributed by atoms with van der Waals surface area (Å²) >= 11 is 0. The Morgan fingerprint density at radius 3 is 2.48 bits per heavy atom. The number of aryl methyl sites for hydroxylation is 1. The topological polar surface area (TPSA) is 34.9 Å². The molecule has 1 aromatic carbocycles. The van der Waals surface area contributed by atoms with Crippen LogP contribution in [0.25, 0.3) is 16.6 Å². The van der Waals surface area contributed by atoms with E-state index in [-0.39, 0.29) is 5.56 Å². The number of allylic oxidation sites excluding steroid dienone is 4. The molecule has 122 valence electrons. The third-order valence-electron chi connectivity index (χ3n) is 3.99. The molecule has 1 aromatic heterocycles. The number of rotatable bonds is 1. The highest BCUT2D eigenvalue weighted by Crippen LogP contribution is 2.44. The first-order valence-corrected chi connectivity index (χ1v) is 8.63. The van der Waals surface area contributed by atoms with Crippen molar-refractivity contribution >= 4 is 16.6 Å². The molecular weight excluding hydrogens is 284 g/mol. The van der Waals surface area contributed by atoms with Crippen molar-refractivity contribution in [3.63, 3.8) is 0 Å². The maximum atomic E-state index is 12.6. The van der Waals surface area contributed by atoms with Crippen molar-refractivity contribution < 1.29 is 0 Å². The molecule has 0 N–H and O–H groups in total. The van der Waals surface area contributed by atoms with Gasteiger partial charge in [0, 0.05) is 5.70 Å². The predicted molar refractivity (Wildman–Crippen MR) is 98.4 cm³/mol. The third-order valence-corrected chi connectivity index (χ3v) is 3.99. The van der Waals surface area contributed by atoms with Crippen molar-refractivity contribution in [3.8, 4) is 0 Å². The van der Waals surface area contributed by atoms with E-state index in [1.807, 2.05) is 58.9 Å². The van der Waals surface area contributed by atoms with Crippen molar-refractivity contribution in [2.45, 2.75) is 41.0 Å². The summed E-state index contributed by atoms with van der Waals surface area (Å²) in [6, 6.07) is 7.52. The Morgan fingerprint density at radius 2 is 1.78 bits per heavy atom. The van der Waals surface area contributed by atoms with Gasteiger partial charge in [-0.2, -0.15) is 0 Å². The molecule has 0 aliphatic heterocycles. The summed E-state index contributed by atoms with van der Waals surface area (Å²) in [5, 5.41) is 0.681. The Kier molecular flexibility index (Phi) is 5.54. The smallest absolute Gasteiger partial charge is 0.265 e. The van der Waals surface area contributed by atoms with Gasteiger partial charge in [0.25, 0.3) is 5.56 Å². The van der Waals surface area contributed by atoms with Crippen LogP contribution in [0.3, 0.4) is 0 Å². The molecule has 4 rings (SSSR count). The zero-order valence-electron chi connectivity index (χ0n) is 14.7. The lowest BCUT2D eigenvalue weighted by Gasteiger charge is -2.13. The first-order chi connectivity index (χ1) is 11.2. The largest absolute Gasteiger partial charge is 0.268 e. The fourth-order valence-electron chi connectivity index (χ4n) is 2.84. The number of para-hydroxylation sites is 1. The van der Waals surface area contributed by atoms with Gasteiger partial charge in [-0.3, -0.25) is 9.36 Å². The molecule has 3 heteroatoms. The van der Waals surface area contributed by atoms with E-state index < -0.39 is 0 Å². The first kappa shape index (κ1) is 17.2. The molecule has 2 aromatic rings. The molecule has 1 saturated carbocycles. The highest BCUT2D eigenvalue weighted by atomic mass is 16.1. The molecule has 3 nitrogen and oxygen atoms in total. The van der Waals surface area contributed by atoms with Crippen LogP contribution < -0.4 is 5.56 Å². The first-order valence-electron chi connectivity index (χ1n) is 8.63. The van der Waals surface area contributed by atoms with Gasteiger partial charge in [0.2, 0.25) is 0 Å². The Balaban J connectivity index is 0.000000448. The van der Waals surface area contributed by atoms with Crippen LogP contribution in [-0.2, 0) is 0 Å². The SMILES string of the molecule is CC.CC.Cc1nc2ccccc2c(=O)n1C1=CC2CC2C=C1. The Labute approximate surface area is 138 Å². The number of hydrogen-bond acceptors (Lipinski definition) is 2. The van der Waals surface area contributed by atoms with E-state index in [0.29, 0.717) is 17.2 Å². The molecule has 2 atom stereocenters. The third kappa shape index (κ3) is 3.29. The Morgan fingerprint density at radius 1 is 1.09 bits per heavy atom. The summed E-state index contributed by atoms with van der Waals surface area (Å²) in [4.78, 5) is 17.2. The minimum absolute atomic E-state index is 0.0260. The van der Waals surface area contributed by atoms with Gasteiger partial charge >= 0.3 is 0 Å². The van der Waals surface area contributed by atoms with Gasteiger partial charge < -0.3 is 0 Å². The lowest BCUT2D eigenvalue weighted by molar-refractivity contribution is 0.890. The van der Waals surface area contributed by atoms with E-state index in [1.165, 1.54) is 6.42 Å². The summed E-state index contributed by atoms with van der Waals surface area (Å²) in [5.74, 6) is 2.07. The van der Waals surface area contributed by atoms with Crippen molar-refractivity contribution in [2.24, 2.45) is 11.8 Å². The van der Waals surface area contributed by atoms with Crippen LogP contribution in [0.2, 0.25) is 0 Å². The van der Waals surface area contributed by atoms with Gasteiger partial charge in [-0.05, 0) is 43.4 Å². The monoisotopic (exact) mass is 310 g/mol. The highest BCUT2D eigenvalue weighted by Gasteiger charge is 2.35. The lowest BCUT2D eigenvalue weighted by Crippen LogP contribution is -2.23. The minimum atomic E-state index is 0.0260. The highest BCUT2D eigenvalue weighted by molar-refractivity contribution is 5.79. The second-order valence-corrected chi connectivity index (χ2v) is 5.33. The fraction of sp³-hybridized carbons (Fsp3) is 0.400. The summed E-state index contributed by atoms with van der Waals surface area (Å²) in [6.07, 6.45) is 7.68. The molecule has 0 radical (unpaired) electrons. The van der Waals surface area contributed by atoms with Crippen molar-refractivity contribution in [1.82, 2.24) is 9.55 Å². The zero-order valence-corrected chi connectivity index (χ0v) is 14.7. The van der Waals surface area contributed by atoms with Gasteiger partial charge in [-0.15, -0.1) is 0 Å². The molecule has 1 fully saturated rings. The lowest BCUT2D eigenvalue weighted by atomic mass is 10.1. The Hall–Kier alpha value is -2.16. The second kappa shape index (κ2) is 7.40. The van der Waals surface area contributed by atoms with E-state index >= 15 is 0 Å². The van der Waals surface area contributed by atoms with Crippen LogP contribution in [-0.4, -0.2) is 9.55 Å². The van der Waals surface area contributed by atoms with Crippen LogP contribution in [0, 0.1) is 18.8 Å². The van der Waals surface area contributed by atoms with Crippen molar-refractivity contribution in [3.05, 3.63) is 58.7 Å². The summed E-state index contributed by atoms with van der Waals surface area (Å²) in [7, 11) is 0. The van der Waals surface area contributed by atoms with Crippen molar-refractivity contribution in [1.29, 1.82) is 0 Å². The van der Waals surface area contributed by atoms with Crippen LogP contribution in [0.4, 0.5) is 0 Å². The Bertz CT molecular complexity index is 799. The number of aromatic nitrogens is 2. The summed E-state index contributed by atoms with van der Waals surface area (Å²) in [6.45, 7) is 9.89. The maximum Gasteiger partial charge on any atom is 0.265 e. The van der Waals surface area contributed by atoms with Crippen molar-refractivity contribution in [2.75, 3.05) is 0 Å². The number of fused-ring (bicyclic) bond motifs is 2. The zero-order chi connectivity index (χ0) is 17.0. The molecule has 0 saturated heterocycles. The number of nitrogens with zero attached hydrogens (tertiary/aromatic N) is 2. The quantitative estimate of drug-likeness (QED) is 0.758. The normalized spacial score (nSPS) is 20.5. The second-order valence-electron chi connectivity index (χ2n) is 5.33. The van der Waals surface area contributed by atoms with E-state index in [4.69, 9.17) is 0 Å². The van der Waals surface area contributed by atoms with Gasteiger partial charge in [0.1, 0.15) is 5.82 Å². The van der Waals surface area contributed by atoms with Gasteiger partial charge in [-0.1, -0.05) is 52.0 Å². The molecule has 23 heavy (non-hydrogen) atoms. The van der Waals surface area contributed by atoms with E-state index in [1.54, 1.807) is 4.57 Å². The minimum Gasteiger partial charge on any atom is -0.268 e. The van der Waals surface area contributed by atoms with E-state index in [2.05, 4.69) is 23.2 Å². The summed E-state index contributed by atoms with van der Waals surface area (Å²) in [5.41, 5.74) is 1.77. The van der Waals surface area contributed by atoms with Crippen LogP contribution in [0.15, 0.2) is 47.3 Å². The van der Waals surface area contributed by atoms with Gasteiger partial charge in [0.05, 0.1) is 10.9 Å². The fourth-order valence-corrected chi connectivity index (χ4v) is 2.84. The van der Waals surface area contributed by atoms with Crippen LogP contribution in [0.5, 0.6) is 0 Å².